The number of morpholine rings is 1. The maximum atomic E-state index is 5.89. The number of aromatic nitrogens is 1. The fourth-order valence-electron chi connectivity index (χ4n) is 3.49. The molecule has 1 aliphatic heterocycles. The zero-order chi connectivity index (χ0) is 13.4. The predicted molar refractivity (Wildman–Crippen MR) is 78.8 cm³/mol. The molecule has 2 heterocycles. The maximum absolute atomic E-state index is 5.89. The summed E-state index contributed by atoms with van der Waals surface area (Å²) < 4.78 is 5.89. The zero-order valence-electron chi connectivity index (χ0n) is 11.9. The highest BCUT2D eigenvalue weighted by Gasteiger charge is 2.36. The number of pyridine rings is 1. The largest absolute Gasteiger partial charge is 0.374 e. The summed E-state index contributed by atoms with van der Waals surface area (Å²) in [5.74, 6) is 1.14. The topological polar surface area (TPSA) is 37.4 Å². The van der Waals surface area contributed by atoms with Crippen LogP contribution in [0.3, 0.4) is 0 Å². The van der Waals surface area contributed by atoms with Crippen LogP contribution >= 0.6 is 0 Å². The van der Waals surface area contributed by atoms with E-state index in [-0.39, 0.29) is 0 Å². The summed E-state index contributed by atoms with van der Waals surface area (Å²) in [6, 6.07) is 5.69. The molecular formula is C16H23N3O. The van der Waals surface area contributed by atoms with Crippen molar-refractivity contribution in [2.24, 2.45) is 0 Å². The van der Waals surface area contributed by atoms with Crippen LogP contribution in [0, 0.1) is 0 Å². The molecule has 0 amide bonds. The number of anilines is 1. The Morgan fingerprint density at radius 3 is 3.15 bits per heavy atom. The third-order valence-corrected chi connectivity index (χ3v) is 4.76. The summed E-state index contributed by atoms with van der Waals surface area (Å²) in [6.07, 6.45) is 8.81. The highest BCUT2D eigenvalue weighted by atomic mass is 16.5. The Balaban J connectivity index is 1.49. The third-order valence-electron chi connectivity index (χ3n) is 4.76. The van der Waals surface area contributed by atoms with Gasteiger partial charge in [-0.1, -0.05) is 0 Å². The van der Waals surface area contributed by atoms with E-state index < -0.39 is 0 Å². The van der Waals surface area contributed by atoms with Crippen LogP contribution in [-0.4, -0.2) is 36.3 Å². The summed E-state index contributed by atoms with van der Waals surface area (Å²) in [5.41, 5.74) is 1.35. The number of fused-ring (bicyclic) bond motifs is 1. The van der Waals surface area contributed by atoms with E-state index in [1.54, 1.807) is 0 Å². The summed E-state index contributed by atoms with van der Waals surface area (Å²) in [7, 11) is 0. The van der Waals surface area contributed by atoms with Gasteiger partial charge in [0.25, 0.3) is 0 Å². The molecule has 2 aliphatic carbocycles. The molecule has 2 unspecified atom stereocenters. The number of hydrogen-bond acceptors (Lipinski definition) is 4. The Labute approximate surface area is 120 Å². The molecule has 0 spiro atoms. The van der Waals surface area contributed by atoms with Gasteiger partial charge in [0.05, 0.1) is 18.8 Å². The quantitative estimate of drug-likeness (QED) is 0.911. The molecule has 2 atom stereocenters. The number of rotatable bonds is 4. The van der Waals surface area contributed by atoms with E-state index in [4.69, 9.17) is 4.74 Å². The fourth-order valence-corrected chi connectivity index (χ4v) is 3.49. The van der Waals surface area contributed by atoms with Gasteiger partial charge in [-0.05, 0) is 49.8 Å². The lowest BCUT2D eigenvalue weighted by molar-refractivity contribution is 0.0253. The van der Waals surface area contributed by atoms with Crippen molar-refractivity contribution in [3.8, 4) is 0 Å². The van der Waals surface area contributed by atoms with Gasteiger partial charge in [0.1, 0.15) is 5.82 Å². The van der Waals surface area contributed by atoms with Crippen LogP contribution < -0.4 is 10.2 Å². The van der Waals surface area contributed by atoms with E-state index >= 15 is 0 Å². The molecular weight excluding hydrogens is 250 g/mol. The lowest BCUT2D eigenvalue weighted by Gasteiger charge is -2.38. The Morgan fingerprint density at radius 1 is 1.30 bits per heavy atom. The molecule has 4 nitrogen and oxygen atoms in total. The number of nitrogens with one attached hydrogen (secondary N) is 1. The monoisotopic (exact) mass is 273 g/mol. The summed E-state index contributed by atoms with van der Waals surface area (Å²) in [5, 5.41) is 3.58. The molecule has 3 fully saturated rings. The first-order valence-electron chi connectivity index (χ1n) is 7.97. The molecule has 20 heavy (non-hydrogen) atoms. The molecule has 3 aliphatic rings. The van der Waals surface area contributed by atoms with E-state index in [0.29, 0.717) is 12.1 Å². The summed E-state index contributed by atoms with van der Waals surface area (Å²) >= 11 is 0. The first-order valence-corrected chi connectivity index (χ1v) is 7.97. The fraction of sp³-hybridized carbons (Fsp3) is 0.688. The second-order valence-electron chi connectivity index (χ2n) is 6.28. The van der Waals surface area contributed by atoms with Gasteiger partial charge in [-0.2, -0.15) is 0 Å². The van der Waals surface area contributed by atoms with Gasteiger partial charge in [-0.3, -0.25) is 0 Å². The van der Waals surface area contributed by atoms with E-state index in [1.165, 1.54) is 37.7 Å². The van der Waals surface area contributed by atoms with Crippen LogP contribution in [0.4, 0.5) is 5.82 Å². The normalized spacial score (nSPS) is 29.5. The average molecular weight is 273 g/mol. The van der Waals surface area contributed by atoms with Crippen LogP contribution in [0.25, 0.3) is 0 Å². The molecule has 0 radical (unpaired) electrons. The number of hydrogen-bond donors (Lipinski definition) is 1. The summed E-state index contributed by atoms with van der Waals surface area (Å²) in [6.45, 7) is 2.79. The molecule has 4 rings (SSSR count). The Kier molecular flexibility index (Phi) is 3.36. The van der Waals surface area contributed by atoms with Crippen molar-refractivity contribution in [2.45, 2.75) is 56.8 Å². The van der Waals surface area contributed by atoms with Gasteiger partial charge in [0, 0.05) is 25.3 Å². The Hall–Kier alpha value is -1.13. The Bertz CT molecular complexity index is 475. The molecule has 0 bridgehead atoms. The highest BCUT2D eigenvalue weighted by molar-refractivity contribution is 5.43. The minimum Gasteiger partial charge on any atom is -0.374 e. The SMILES string of the molecule is c1cc(CNC2CC2)cc(N2CCOC3CCCC32)n1. The van der Waals surface area contributed by atoms with Crippen molar-refractivity contribution in [2.75, 3.05) is 18.1 Å². The van der Waals surface area contributed by atoms with Crippen LogP contribution in [0.5, 0.6) is 0 Å². The third kappa shape index (κ3) is 2.54. The maximum Gasteiger partial charge on any atom is 0.129 e. The average Bonchev–Trinajstić information content (AvgIpc) is 3.20. The second-order valence-corrected chi connectivity index (χ2v) is 6.28. The second kappa shape index (κ2) is 5.34. The van der Waals surface area contributed by atoms with Crippen molar-refractivity contribution in [1.82, 2.24) is 10.3 Å². The van der Waals surface area contributed by atoms with Gasteiger partial charge < -0.3 is 15.0 Å². The molecule has 1 saturated heterocycles. The van der Waals surface area contributed by atoms with E-state index in [9.17, 15) is 0 Å². The van der Waals surface area contributed by atoms with Gasteiger partial charge in [-0.25, -0.2) is 4.98 Å². The van der Waals surface area contributed by atoms with Gasteiger partial charge >= 0.3 is 0 Å². The molecule has 0 aromatic carbocycles. The lowest BCUT2D eigenvalue weighted by Crippen LogP contribution is -2.49. The van der Waals surface area contributed by atoms with Crippen molar-refractivity contribution in [1.29, 1.82) is 0 Å². The van der Waals surface area contributed by atoms with Crippen molar-refractivity contribution < 1.29 is 4.74 Å². The van der Waals surface area contributed by atoms with E-state index in [0.717, 1.165) is 31.6 Å². The van der Waals surface area contributed by atoms with Crippen molar-refractivity contribution in [3.63, 3.8) is 0 Å². The minimum absolute atomic E-state index is 0.429. The molecule has 108 valence electrons. The highest BCUT2D eigenvalue weighted by Crippen LogP contribution is 2.32. The predicted octanol–water partition coefficient (Wildman–Crippen LogP) is 2.09. The van der Waals surface area contributed by atoms with Crippen LogP contribution in [0.2, 0.25) is 0 Å². The van der Waals surface area contributed by atoms with Crippen LogP contribution in [0.1, 0.15) is 37.7 Å². The zero-order valence-corrected chi connectivity index (χ0v) is 11.9. The molecule has 4 heteroatoms. The smallest absolute Gasteiger partial charge is 0.129 e. The van der Waals surface area contributed by atoms with Crippen molar-refractivity contribution >= 4 is 5.82 Å². The minimum atomic E-state index is 0.429. The molecule has 1 aromatic rings. The van der Waals surface area contributed by atoms with Crippen molar-refractivity contribution in [3.05, 3.63) is 23.9 Å². The number of nitrogens with zero attached hydrogens (tertiary/aromatic N) is 2. The van der Waals surface area contributed by atoms with E-state index in [1.807, 2.05) is 6.20 Å². The molecule has 1 N–H and O–H groups in total. The van der Waals surface area contributed by atoms with Crippen LogP contribution in [0.15, 0.2) is 18.3 Å². The summed E-state index contributed by atoms with van der Waals surface area (Å²) in [4.78, 5) is 7.08. The van der Waals surface area contributed by atoms with E-state index in [2.05, 4.69) is 27.3 Å². The molecule has 2 saturated carbocycles. The lowest BCUT2D eigenvalue weighted by atomic mass is 10.1. The Morgan fingerprint density at radius 2 is 2.25 bits per heavy atom. The van der Waals surface area contributed by atoms with Crippen LogP contribution in [-0.2, 0) is 11.3 Å². The standard InChI is InChI=1S/C16H23N3O/c1-2-14-15(3-1)20-9-8-19(14)16-10-12(6-7-17-16)11-18-13-4-5-13/h6-7,10,13-15,18H,1-5,8-9,11H2. The van der Waals surface area contributed by atoms with Gasteiger partial charge in [-0.15, -0.1) is 0 Å². The number of ether oxygens (including phenoxy) is 1. The first-order chi connectivity index (χ1) is 9.90. The van der Waals surface area contributed by atoms with Gasteiger partial charge in [0.15, 0.2) is 0 Å². The molecule has 1 aromatic heterocycles. The first kappa shape index (κ1) is 12.6. The van der Waals surface area contributed by atoms with Gasteiger partial charge in [0.2, 0.25) is 0 Å².